The van der Waals surface area contributed by atoms with Crippen LogP contribution in [0.3, 0.4) is 0 Å². The fourth-order valence-corrected chi connectivity index (χ4v) is 7.43. The van der Waals surface area contributed by atoms with E-state index in [1.165, 1.54) is 11.3 Å². The standard InChI is InChI=1S/C32H27Br2ClN2O5S/c1-4-40-22-12-10-20(11-13-22)28-27(31(39)41-5-2)18(3)36-32-37(28)30(38)26(43-32)16-19-14-23(33)29(24(34)15-19)42-17-21-8-6-7-9-25(21)35/h6-16,28H,4-5,17H2,1-3H3/b26-16-. The molecule has 5 rings (SSSR count). The summed E-state index contributed by atoms with van der Waals surface area (Å²) in [5.74, 6) is 0.813. The summed E-state index contributed by atoms with van der Waals surface area (Å²) in [6.07, 6.45) is 1.80. The van der Waals surface area contributed by atoms with Crippen LogP contribution in [0.25, 0.3) is 6.08 Å². The molecule has 3 aromatic carbocycles. The molecule has 43 heavy (non-hydrogen) atoms. The van der Waals surface area contributed by atoms with Gasteiger partial charge in [-0.2, -0.15) is 0 Å². The van der Waals surface area contributed by atoms with E-state index in [0.29, 0.717) is 59.3 Å². The van der Waals surface area contributed by atoms with Crippen LogP contribution in [0.5, 0.6) is 11.5 Å². The number of fused-ring (bicyclic) bond motifs is 1. The number of halogens is 3. The zero-order chi connectivity index (χ0) is 30.7. The maximum atomic E-state index is 14.0. The molecule has 0 saturated carbocycles. The number of ether oxygens (including phenoxy) is 3. The van der Waals surface area contributed by atoms with E-state index >= 15 is 0 Å². The molecule has 0 spiro atoms. The normalized spacial score (nSPS) is 14.7. The molecule has 1 aromatic heterocycles. The Morgan fingerprint density at radius 1 is 1.05 bits per heavy atom. The van der Waals surface area contributed by atoms with Crippen LogP contribution in [0.2, 0.25) is 5.02 Å². The maximum absolute atomic E-state index is 14.0. The maximum Gasteiger partial charge on any atom is 0.338 e. The van der Waals surface area contributed by atoms with Crippen LogP contribution < -0.4 is 24.4 Å². The van der Waals surface area contributed by atoms with Crippen LogP contribution in [0, 0.1) is 0 Å². The van der Waals surface area contributed by atoms with Crippen molar-refractivity contribution in [2.45, 2.75) is 33.4 Å². The summed E-state index contributed by atoms with van der Waals surface area (Å²) in [7, 11) is 0. The lowest BCUT2D eigenvalue weighted by atomic mass is 9.96. The molecule has 0 amide bonds. The van der Waals surface area contributed by atoms with E-state index in [-0.39, 0.29) is 12.2 Å². The van der Waals surface area contributed by atoms with Gasteiger partial charge >= 0.3 is 5.97 Å². The Balaban J connectivity index is 1.55. The molecule has 4 aromatic rings. The van der Waals surface area contributed by atoms with Crippen LogP contribution in [0.15, 0.2) is 90.7 Å². The van der Waals surface area contributed by atoms with Crippen LogP contribution in [0.1, 0.15) is 43.5 Å². The highest BCUT2D eigenvalue weighted by Crippen LogP contribution is 2.36. The molecule has 0 bridgehead atoms. The minimum Gasteiger partial charge on any atom is -0.494 e. The highest BCUT2D eigenvalue weighted by atomic mass is 79.9. The lowest BCUT2D eigenvalue weighted by Crippen LogP contribution is -2.39. The fraction of sp³-hybridized carbons (Fsp3) is 0.219. The number of allylic oxidation sites excluding steroid dienone is 1. The van der Waals surface area contributed by atoms with Gasteiger partial charge in [0.25, 0.3) is 5.56 Å². The van der Waals surface area contributed by atoms with E-state index in [2.05, 4.69) is 36.9 Å². The number of carbonyl (C=O) groups is 1. The Kier molecular flexibility index (Phi) is 9.91. The van der Waals surface area contributed by atoms with Crippen LogP contribution in [-0.2, 0) is 16.1 Å². The zero-order valence-electron chi connectivity index (χ0n) is 23.5. The van der Waals surface area contributed by atoms with Gasteiger partial charge in [-0.1, -0.05) is 53.3 Å². The van der Waals surface area contributed by atoms with Crippen molar-refractivity contribution in [2.75, 3.05) is 13.2 Å². The topological polar surface area (TPSA) is 79.1 Å². The average molecular weight is 747 g/mol. The number of thiazole rings is 1. The third-order valence-electron chi connectivity index (χ3n) is 6.67. The summed E-state index contributed by atoms with van der Waals surface area (Å²) in [4.78, 5) is 32.2. The van der Waals surface area contributed by atoms with Gasteiger partial charge in [0.1, 0.15) is 18.1 Å². The summed E-state index contributed by atoms with van der Waals surface area (Å²) in [6, 6.07) is 18.0. The van der Waals surface area contributed by atoms with Gasteiger partial charge in [-0.25, -0.2) is 9.79 Å². The Bertz CT molecular complexity index is 1880. The number of esters is 1. The van der Waals surface area contributed by atoms with Crippen molar-refractivity contribution in [2.24, 2.45) is 4.99 Å². The van der Waals surface area contributed by atoms with Crippen molar-refractivity contribution in [1.82, 2.24) is 4.57 Å². The number of hydrogen-bond acceptors (Lipinski definition) is 7. The molecule has 0 aliphatic carbocycles. The third kappa shape index (κ3) is 6.67. The molecule has 0 N–H and O–H groups in total. The lowest BCUT2D eigenvalue weighted by molar-refractivity contribution is -0.139. The number of benzene rings is 3. The van der Waals surface area contributed by atoms with E-state index in [9.17, 15) is 9.59 Å². The number of hydrogen-bond donors (Lipinski definition) is 0. The van der Waals surface area contributed by atoms with Gasteiger partial charge in [0.2, 0.25) is 0 Å². The Hall–Kier alpha value is -3.18. The molecule has 11 heteroatoms. The molecule has 0 radical (unpaired) electrons. The summed E-state index contributed by atoms with van der Waals surface area (Å²) in [5.41, 5.74) is 2.97. The minimum atomic E-state index is -0.702. The summed E-state index contributed by atoms with van der Waals surface area (Å²) < 4.78 is 20.5. The van der Waals surface area contributed by atoms with Crippen LogP contribution in [0.4, 0.5) is 0 Å². The summed E-state index contributed by atoms with van der Waals surface area (Å²) >= 11 is 14.8. The van der Waals surface area contributed by atoms with Crippen molar-refractivity contribution in [3.8, 4) is 11.5 Å². The molecule has 0 fully saturated rings. The molecule has 1 aliphatic heterocycles. The quantitative estimate of drug-likeness (QED) is 0.173. The smallest absolute Gasteiger partial charge is 0.338 e. The number of nitrogens with zero attached hydrogens (tertiary/aromatic N) is 2. The van der Waals surface area contributed by atoms with Gasteiger partial charge in [-0.3, -0.25) is 9.36 Å². The highest BCUT2D eigenvalue weighted by molar-refractivity contribution is 9.11. The SMILES string of the molecule is CCOC(=O)C1=C(C)N=c2s/c(=C\c3cc(Br)c(OCc4ccccc4Cl)c(Br)c3)c(=O)n2C1c1ccc(OCC)cc1. The second-order valence-electron chi connectivity index (χ2n) is 9.50. The monoisotopic (exact) mass is 744 g/mol. The van der Waals surface area contributed by atoms with Gasteiger partial charge in [0.05, 0.1) is 44.0 Å². The highest BCUT2D eigenvalue weighted by Gasteiger charge is 2.33. The van der Waals surface area contributed by atoms with Gasteiger partial charge < -0.3 is 14.2 Å². The number of aromatic nitrogens is 1. The van der Waals surface area contributed by atoms with Gasteiger partial charge in [0, 0.05) is 10.6 Å². The van der Waals surface area contributed by atoms with E-state index < -0.39 is 12.0 Å². The Morgan fingerprint density at radius 2 is 1.74 bits per heavy atom. The first-order valence-electron chi connectivity index (χ1n) is 13.5. The molecular weight excluding hydrogens is 720 g/mol. The van der Waals surface area contributed by atoms with Crippen molar-refractivity contribution < 1.29 is 19.0 Å². The van der Waals surface area contributed by atoms with Gasteiger partial charge in [0.15, 0.2) is 4.80 Å². The summed E-state index contributed by atoms with van der Waals surface area (Å²) in [5, 5.41) is 0.631. The molecule has 222 valence electrons. The molecule has 0 saturated heterocycles. The minimum absolute atomic E-state index is 0.206. The molecule has 1 aliphatic rings. The first kappa shape index (κ1) is 31.3. The third-order valence-corrected chi connectivity index (χ3v) is 9.20. The van der Waals surface area contributed by atoms with Crippen molar-refractivity contribution in [3.05, 3.63) is 122 Å². The second-order valence-corrected chi connectivity index (χ2v) is 12.6. The van der Waals surface area contributed by atoms with E-state index in [1.54, 1.807) is 24.5 Å². The predicted molar refractivity (Wildman–Crippen MR) is 176 cm³/mol. The van der Waals surface area contributed by atoms with Crippen LogP contribution >= 0.6 is 54.8 Å². The zero-order valence-corrected chi connectivity index (χ0v) is 28.3. The van der Waals surface area contributed by atoms with Crippen LogP contribution in [-0.4, -0.2) is 23.8 Å². The van der Waals surface area contributed by atoms with E-state index in [4.69, 9.17) is 25.8 Å². The van der Waals surface area contributed by atoms with Crippen molar-refractivity contribution in [3.63, 3.8) is 0 Å². The molecular formula is C32H27Br2ClN2O5S. The van der Waals surface area contributed by atoms with Crippen molar-refractivity contribution in [1.29, 1.82) is 0 Å². The molecule has 7 nitrogen and oxygen atoms in total. The largest absolute Gasteiger partial charge is 0.494 e. The first-order chi connectivity index (χ1) is 20.7. The number of rotatable bonds is 9. The first-order valence-corrected chi connectivity index (χ1v) is 16.3. The summed E-state index contributed by atoms with van der Waals surface area (Å²) in [6.45, 7) is 6.46. The molecule has 1 atom stereocenters. The molecule has 2 heterocycles. The van der Waals surface area contributed by atoms with E-state index in [0.717, 1.165) is 16.7 Å². The van der Waals surface area contributed by atoms with Gasteiger partial charge in [-0.05, 0) is 100 Å². The van der Waals surface area contributed by atoms with E-state index in [1.807, 2.05) is 67.6 Å². The predicted octanol–water partition coefficient (Wildman–Crippen LogP) is 6.95. The van der Waals surface area contributed by atoms with Gasteiger partial charge in [-0.15, -0.1) is 0 Å². The second kappa shape index (κ2) is 13.6. The number of carbonyl (C=O) groups excluding carboxylic acids is 1. The Labute approximate surface area is 274 Å². The molecule has 1 unspecified atom stereocenters. The lowest BCUT2D eigenvalue weighted by Gasteiger charge is -2.24. The Morgan fingerprint density at radius 3 is 2.40 bits per heavy atom. The fourth-order valence-electron chi connectivity index (χ4n) is 4.74. The van der Waals surface area contributed by atoms with Crippen molar-refractivity contribution >= 4 is 66.8 Å². The average Bonchev–Trinajstić information content (AvgIpc) is 3.27.